The molecule has 1 aliphatic rings. The van der Waals surface area contributed by atoms with Crippen LogP contribution in [0, 0.1) is 5.82 Å². The summed E-state index contributed by atoms with van der Waals surface area (Å²) in [6, 6.07) is 7.77. The van der Waals surface area contributed by atoms with Crippen LogP contribution in [0.25, 0.3) is 0 Å². The molecule has 6 heteroatoms. The summed E-state index contributed by atoms with van der Waals surface area (Å²) in [4.78, 5) is 10.7. The Hall–Kier alpha value is -1.72. The van der Waals surface area contributed by atoms with Crippen LogP contribution >= 0.6 is 11.6 Å². The quantitative estimate of drug-likeness (QED) is 0.882. The van der Waals surface area contributed by atoms with Gasteiger partial charge in [0.05, 0.1) is 17.4 Å². The molecule has 1 aromatic carbocycles. The summed E-state index contributed by atoms with van der Waals surface area (Å²) in [5.41, 5.74) is 0.749. The number of likely N-dealkylation sites (tertiary alicyclic amines) is 1. The molecule has 0 bridgehead atoms. The van der Waals surface area contributed by atoms with Gasteiger partial charge in [0.15, 0.2) is 0 Å². The van der Waals surface area contributed by atoms with Crippen molar-refractivity contribution in [1.29, 1.82) is 0 Å². The van der Waals surface area contributed by atoms with Crippen molar-refractivity contribution >= 4 is 17.5 Å². The van der Waals surface area contributed by atoms with Gasteiger partial charge < -0.3 is 5.32 Å². The summed E-state index contributed by atoms with van der Waals surface area (Å²) in [6.07, 6.45) is 6.57. The van der Waals surface area contributed by atoms with Gasteiger partial charge in [0.1, 0.15) is 5.82 Å². The van der Waals surface area contributed by atoms with Crippen LogP contribution in [-0.4, -0.2) is 33.5 Å². The molecule has 1 aliphatic heterocycles. The molecule has 128 valence electrons. The van der Waals surface area contributed by atoms with Crippen LogP contribution in [0.1, 0.15) is 31.7 Å². The molecule has 1 fully saturated rings. The molecule has 1 aromatic heterocycles. The first kappa shape index (κ1) is 17.1. The van der Waals surface area contributed by atoms with E-state index in [1.807, 2.05) is 12.1 Å². The van der Waals surface area contributed by atoms with Gasteiger partial charge in [0.2, 0.25) is 5.95 Å². The van der Waals surface area contributed by atoms with Gasteiger partial charge in [0, 0.05) is 30.7 Å². The lowest BCUT2D eigenvalue weighted by Crippen LogP contribution is -2.48. The van der Waals surface area contributed by atoms with Crippen LogP contribution < -0.4 is 5.32 Å². The Morgan fingerprint density at radius 3 is 2.75 bits per heavy atom. The van der Waals surface area contributed by atoms with Crippen molar-refractivity contribution in [2.24, 2.45) is 0 Å². The summed E-state index contributed by atoms with van der Waals surface area (Å²) in [6.45, 7) is 3.58. The van der Waals surface area contributed by atoms with E-state index in [0.29, 0.717) is 29.6 Å². The minimum Gasteiger partial charge on any atom is -0.353 e. The lowest BCUT2D eigenvalue weighted by Gasteiger charge is -2.41. The molecular weight excluding hydrogens is 327 g/mol. The minimum absolute atomic E-state index is 0.136. The largest absolute Gasteiger partial charge is 0.353 e. The highest BCUT2D eigenvalue weighted by atomic mass is 35.5. The minimum atomic E-state index is -0.136. The maximum atomic E-state index is 14.0. The summed E-state index contributed by atoms with van der Waals surface area (Å²) < 4.78 is 14.0. The average molecular weight is 349 g/mol. The smallest absolute Gasteiger partial charge is 0.222 e. The van der Waals surface area contributed by atoms with E-state index in [0.717, 1.165) is 24.9 Å². The normalized spacial score (nSPS) is 21.6. The zero-order chi connectivity index (χ0) is 16.9. The monoisotopic (exact) mass is 348 g/mol. The zero-order valence-corrected chi connectivity index (χ0v) is 14.5. The molecule has 2 atom stereocenters. The van der Waals surface area contributed by atoms with Crippen LogP contribution in [0.5, 0.6) is 0 Å². The maximum absolute atomic E-state index is 14.0. The number of nitrogens with zero attached hydrogens (tertiary/aromatic N) is 3. The van der Waals surface area contributed by atoms with Crippen molar-refractivity contribution in [3.8, 4) is 0 Å². The molecule has 0 radical (unpaired) electrons. The molecule has 0 saturated carbocycles. The number of benzene rings is 1. The van der Waals surface area contributed by atoms with Crippen LogP contribution in [-0.2, 0) is 6.54 Å². The van der Waals surface area contributed by atoms with Crippen LogP contribution in [0.4, 0.5) is 10.3 Å². The summed E-state index contributed by atoms with van der Waals surface area (Å²) in [7, 11) is 0. The standard InChI is InChI=1S/C18H22ClFN4/c1-13-5-4-7-16(11-23-18-21-9-15(19)10-22-18)24(13)12-14-6-2-3-8-17(14)20/h2-3,6,8-10,13,16H,4-5,7,11-12H2,1H3,(H,21,22,23). The highest BCUT2D eigenvalue weighted by Gasteiger charge is 2.28. The first-order chi connectivity index (χ1) is 11.6. The van der Waals surface area contributed by atoms with Crippen molar-refractivity contribution < 1.29 is 4.39 Å². The zero-order valence-electron chi connectivity index (χ0n) is 13.8. The van der Waals surface area contributed by atoms with Crippen molar-refractivity contribution in [3.63, 3.8) is 0 Å². The number of piperidine rings is 1. The molecule has 1 saturated heterocycles. The van der Waals surface area contributed by atoms with Gasteiger partial charge in [0.25, 0.3) is 0 Å². The van der Waals surface area contributed by atoms with E-state index in [-0.39, 0.29) is 5.82 Å². The Morgan fingerprint density at radius 2 is 2.00 bits per heavy atom. The summed E-state index contributed by atoms with van der Waals surface area (Å²) in [5, 5.41) is 3.80. The molecule has 2 aromatic rings. The van der Waals surface area contributed by atoms with E-state index < -0.39 is 0 Å². The van der Waals surface area contributed by atoms with Crippen LogP contribution in [0.15, 0.2) is 36.7 Å². The molecule has 1 N–H and O–H groups in total. The fraction of sp³-hybridized carbons (Fsp3) is 0.444. The molecule has 0 amide bonds. The lowest BCUT2D eigenvalue weighted by molar-refractivity contribution is 0.0903. The van der Waals surface area contributed by atoms with E-state index in [1.165, 1.54) is 12.5 Å². The third kappa shape index (κ3) is 4.22. The van der Waals surface area contributed by atoms with Gasteiger partial charge in [-0.15, -0.1) is 0 Å². The van der Waals surface area contributed by atoms with Gasteiger partial charge in [-0.3, -0.25) is 4.90 Å². The van der Waals surface area contributed by atoms with Gasteiger partial charge in [-0.05, 0) is 25.8 Å². The highest BCUT2D eigenvalue weighted by molar-refractivity contribution is 6.30. The van der Waals surface area contributed by atoms with Crippen LogP contribution in [0.3, 0.4) is 0 Å². The molecule has 4 nitrogen and oxygen atoms in total. The summed E-state index contributed by atoms with van der Waals surface area (Å²) >= 11 is 5.81. The fourth-order valence-corrected chi connectivity index (χ4v) is 3.38. The van der Waals surface area contributed by atoms with Crippen molar-refractivity contribution in [1.82, 2.24) is 14.9 Å². The topological polar surface area (TPSA) is 41.1 Å². The third-order valence-electron chi connectivity index (χ3n) is 4.62. The van der Waals surface area contributed by atoms with E-state index in [1.54, 1.807) is 18.5 Å². The number of halogens is 2. The van der Waals surface area contributed by atoms with E-state index in [2.05, 4.69) is 27.1 Å². The van der Waals surface area contributed by atoms with E-state index in [4.69, 9.17) is 11.6 Å². The number of nitrogens with one attached hydrogen (secondary N) is 1. The Bertz CT molecular complexity index is 664. The van der Waals surface area contributed by atoms with Gasteiger partial charge in [-0.1, -0.05) is 36.2 Å². The van der Waals surface area contributed by atoms with Crippen molar-refractivity contribution in [3.05, 3.63) is 53.1 Å². The first-order valence-corrected chi connectivity index (χ1v) is 8.72. The molecule has 0 aliphatic carbocycles. The lowest BCUT2D eigenvalue weighted by atomic mass is 9.95. The molecule has 2 unspecified atom stereocenters. The molecule has 0 spiro atoms. The number of rotatable bonds is 5. The number of anilines is 1. The predicted molar refractivity (Wildman–Crippen MR) is 94.6 cm³/mol. The Labute approximate surface area is 147 Å². The average Bonchev–Trinajstić information content (AvgIpc) is 2.58. The maximum Gasteiger partial charge on any atom is 0.222 e. The molecule has 24 heavy (non-hydrogen) atoms. The van der Waals surface area contributed by atoms with Gasteiger partial charge in [-0.2, -0.15) is 0 Å². The first-order valence-electron chi connectivity index (χ1n) is 8.34. The SMILES string of the molecule is CC1CCCC(CNc2ncc(Cl)cn2)N1Cc1ccccc1F. The van der Waals surface area contributed by atoms with Crippen molar-refractivity contribution in [2.75, 3.05) is 11.9 Å². The Kier molecular flexibility index (Phi) is 5.63. The van der Waals surface area contributed by atoms with Crippen molar-refractivity contribution in [2.45, 2.75) is 44.8 Å². The second-order valence-corrected chi connectivity index (χ2v) is 6.74. The third-order valence-corrected chi connectivity index (χ3v) is 4.82. The second-order valence-electron chi connectivity index (χ2n) is 6.30. The fourth-order valence-electron chi connectivity index (χ4n) is 3.28. The second kappa shape index (κ2) is 7.90. The summed E-state index contributed by atoms with van der Waals surface area (Å²) in [5.74, 6) is 0.437. The predicted octanol–water partition coefficient (Wildman–Crippen LogP) is 4.12. The van der Waals surface area contributed by atoms with Crippen LogP contribution in [0.2, 0.25) is 5.02 Å². The Balaban J connectivity index is 1.67. The molecule has 3 rings (SSSR count). The molecule has 2 heterocycles. The number of hydrogen-bond acceptors (Lipinski definition) is 4. The Morgan fingerprint density at radius 1 is 1.25 bits per heavy atom. The van der Waals surface area contributed by atoms with E-state index >= 15 is 0 Å². The van der Waals surface area contributed by atoms with Gasteiger partial charge >= 0.3 is 0 Å². The van der Waals surface area contributed by atoms with Gasteiger partial charge in [-0.25, -0.2) is 14.4 Å². The number of aromatic nitrogens is 2. The highest BCUT2D eigenvalue weighted by Crippen LogP contribution is 2.26. The van der Waals surface area contributed by atoms with E-state index in [9.17, 15) is 4.39 Å². The molecular formula is C18H22ClFN4. The number of hydrogen-bond donors (Lipinski definition) is 1.